The molecule has 0 aromatic heterocycles. The first-order valence-corrected chi connectivity index (χ1v) is 8.35. The largest absolute Gasteiger partial charge is 0.508 e. The summed E-state index contributed by atoms with van der Waals surface area (Å²) in [5.74, 6) is 0.164. The van der Waals surface area contributed by atoms with Crippen molar-refractivity contribution in [3.63, 3.8) is 0 Å². The summed E-state index contributed by atoms with van der Waals surface area (Å²) in [5, 5.41) is 10.5. The van der Waals surface area contributed by atoms with Crippen LogP contribution in [-0.2, 0) is 5.41 Å². The third-order valence-corrected chi connectivity index (χ3v) is 4.98. The first kappa shape index (κ1) is 15.1. The molecule has 0 atom stereocenters. The number of aromatic hydroxyl groups is 1. The van der Waals surface area contributed by atoms with Gasteiger partial charge in [0.1, 0.15) is 5.75 Å². The monoisotopic (exact) mass is 335 g/mol. The van der Waals surface area contributed by atoms with Gasteiger partial charge in [-0.3, -0.25) is 0 Å². The lowest BCUT2D eigenvalue weighted by Crippen LogP contribution is -2.30. The van der Waals surface area contributed by atoms with Crippen molar-refractivity contribution < 1.29 is 5.11 Å². The van der Waals surface area contributed by atoms with E-state index in [4.69, 9.17) is 11.6 Å². The molecule has 0 saturated heterocycles. The van der Waals surface area contributed by atoms with Gasteiger partial charge < -0.3 is 10.0 Å². The summed E-state index contributed by atoms with van der Waals surface area (Å²) in [6.07, 6.45) is 0. The highest BCUT2D eigenvalue weighted by Gasteiger charge is 2.36. The number of phenols is 1. The van der Waals surface area contributed by atoms with E-state index in [-0.39, 0.29) is 11.2 Å². The van der Waals surface area contributed by atoms with E-state index < -0.39 is 0 Å². The molecular formula is C21H18ClNO. The molecule has 0 spiro atoms. The van der Waals surface area contributed by atoms with Crippen LogP contribution in [0.25, 0.3) is 0 Å². The van der Waals surface area contributed by atoms with Gasteiger partial charge in [-0.05, 0) is 35.4 Å². The highest BCUT2D eigenvalue weighted by Crippen LogP contribution is 2.52. The summed E-state index contributed by atoms with van der Waals surface area (Å²) in [6, 6.07) is 22.0. The Morgan fingerprint density at radius 1 is 0.833 bits per heavy atom. The van der Waals surface area contributed by atoms with Crippen molar-refractivity contribution in [2.24, 2.45) is 0 Å². The zero-order valence-electron chi connectivity index (χ0n) is 13.6. The zero-order valence-corrected chi connectivity index (χ0v) is 14.4. The number of rotatable bonds is 1. The van der Waals surface area contributed by atoms with Crippen LogP contribution in [0.1, 0.15) is 25.0 Å². The molecule has 0 radical (unpaired) electrons. The van der Waals surface area contributed by atoms with Gasteiger partial charge in [0.2, 0.25) is 0 Å². The quantitative estimate of drug-likeness (QED) is 0.576. The average molecular weight is 336 g/mol. The average Bonchev–Trinajstić information content (AvgIpc) is 2.54. The molecule has 0 bridgehead atoms. The second kappa shape index (κ2) is 5.29. The van der Waals surface area contributed by atoms with Crippen molar-refractivity contribution in [1.82, 2.24) is 0 Å². The second-order valence-corrected chi connectivity index (χ2v) is 7.10. The SMILES string of the molecule is CC1(C)c2ccccc2N(c2cc(O)cc(Cl)c2)c2ccccc21. The highest BCUT2D eigenvalue weighted by atomic mass is 35.5. The summed E-state index contributed by atoms with van der Waals surface area (Å²) in [6.45, 7) is 4.49. The van der Waals surface area contributed by atoms with Crippen LogP contribution in [0.15, 0.2) is 66.7 Å². The zero-order chi connectivity index (χ0) is 16.9. The van der Waals surface area contributed by atoms with Gasteiger partial charge in [-0.2, -0.15) is 0 Å². The molecule has 0 fully saturated rings. The van der Waals surface area contributed by atoms with Crippen molar-refractivity contribution in [3.05, 3.63) is 82.9 Å². The molecule has 24 heavy (non-hydrogen) atoms. The number of anilines is 3. The molecule has 0 saturated carbocycles. The van der Waals surface area contributed by atoms with Gasteiger partial charge in [-0.25, -0.2) is 0 Å². The summed E-state index contributed by atoms with van der Waals surface area (Å²) in [7, 11) is 0. The maximum Gasteiger partial charge on any atom is 0.119 e. The van der Waals surface area contributed by atoms with Gasteiger partial charge in [0, 0.05) is 16.5 Å². The molecule has 3 aromatic carbocycles. The van der Waals surface area contributed by atoms with Gasteiger partial charge in [0.05, 0.1) is 17.1 Å². The fraction of sp³-hybridized carbons (Fsp3) is 0.143. The lowest BCUT2D eigenvalue weighted by Gasteiger charge is -2.42. The molecular weight excluding hydrogens is 318 g/mol. The number of hydrogen-bond acceptors (Lipinski definition) is 2. The molecule has 2 nitrogen and oxygen atoms in total. The highest BCUT2D eigenvalue weighted by molar-refractivity contribution is 6.31. The normalized spacial score (nSPS) is 14.9. The number of phenolic OH excluding ortho intramolecular Hbond substituents is 1. The summed E-state index contributed by atoms with van der Waals surface area (Å²) < 4.78 is 0. The number of nitrogens with zero attached hydrogens (tertiary/aromatic N) is 1. The number of para-hydroxylation sites is 2. The predicted molar refractivity (Wildman–Crippen MR) is 99.9 cm³/mol. The number of fused-ring (bicyclic) bond motifs is 2. The van der Waals surface area contributed by atoms with Crippen molar-refractivity contribution in [2.45, 2.75) is 19.3 Å². The van der Waals surface area contributed by atoms with E-state index in [1.165, 1.54) is 11.1 Å². The topological polar surface area (TPSA) is 23.5 Å². The number of benzene rings is 3. The Hall–Kier alpha value is -2.45. The fourth-order valence-electron chi connectivity index (χ4n) is 3.64. The smallest absolute Gasteiger partial charge is 0.119 e. The van der Waals surface area contributed by atoms with Crippen LogP contribution in [0.5, 0.6) is 5.75 Å². The molecule has 1 N–H and O–H groups in total. The van der Waals surface area contributed by atoms with E-state index in [1.54, 1.807) is 12.1 Å². The molecule has 1 aliphatic rings. The van der Waals surface area contributed by atoms with E-state index in [0.29, 0.717) is 5.02 Å². The number of hydrogen-bond donors (Lipinski definition) is 1. The maximum absolute atomic E-state index is 10.0. The van der Waals surface area contributed by atoms with Gasteiger partial charge >= 0.3 is 0 Å². The molecule has 0 unspecified atom stereocenters. The maximum atomic E-state index is 10.0. The van der Waals surface area contributed by atoms with Gasteiger partial charge in [0.15, 0.2) is 0 Å². The third kappa shape index (κ3) is 2.18. The number of halogens is 1. The Labute approximate surface area is 146 Å². The molecule has 120 valence electrons. The van der Waals surface area contributed by atoms with E-state index >= 15 is 0 Å². The van der Waals surface area contributed by atoms with Crippen LogP contribution in [-0.4, -0.2) is 5.11 Å². The Morgan fingerprint density at radius 3 is 1.92 bits per heavy atom. The first-order chi connectivity index (χ1) is 11.5. The Morgan fingerprint density at radius 2 is 1.38 bits per heavy atom. The third-order valence-electron chi connectivity index (χ3n) is 4.76. The molecule has 1 aliphatic heterocycles. The van der Waals surface area contributed by atoms with Crippen LogP contribution in [0.3, 0.4) is 0 Å². The minimum Gasteiger partial charge on any atom is -0.508 e. The molecule has 0 aliphatic carbocycles. The van der Waals surface area contributed by atoms with E-state index in [2.05, 4.69) is 55.1 Å². The minimum absolute atomic E-state index is 0.0930. The van der Waals surface area contributed by atoms with Crippen molar-refractivity contribution in [3.8, 4) is 5.75 Å². The molecule has 0 amide bonds. The van der Waals surface area contributed by atoms with Gasteiger partial charge in [-0.1, -0.05) is 61.8 Å². The van der Waals surface area contributed by atoms with Crippen molar-refractivity contribution in [2.75, 3.05) is 4.90 Å². The van der Waals surface area contributed by atoms with Crippen LogP contribution in [0.4, 0.5) is 17.1 Å². The fourth-order valence-corrected chi connectivity index (χ4v) is 3.86. The predicted octanol–water partition coefficient (Wildman–Crippen LogP) is 6.15. The molecule has 4 rings (SSSR count). The lowest BCUT2D eigenvalue weighted by molar-refractivity contribution is 0.475. The Kier molecular flexibility index (Phi) is 3.33. The minimum atomic E-state index is -0.0930. The van der Waals surface area contributed by atoms with E-state index in [9.17, 15) is 5.11 Å². The summed E-state index contributed by atoms with van der Waals surface area (Å²) in [5.41, 5.74) is 5.50. The van der Waals surface area contributed by atoms with Crippen molar-refractivity contribution in [1.29, 1.82) is 0 Å². The van der Waals surface area contributed by atoms with Gasteiger partial charge in [0.25, 0.3) is 0 Å². The first-order valence-electron chi connectivity index (χ1n) is 7.97. The van der Waals surface area contributed by atoms with Crippen LogP contribution < -0.4 is 4.90 Å². The standard InChI is InChI=1S/C21H18ClNO/c1-21(2)17-7-3-5-9-19(17)23(20-10-6-4-8-18(20)21)15-11-14(22)12-16(24)13-15/h3-13,24H,1-2H3. The lowest BCUT2D eigenvalue weighted by atomic mass is 9.73. The second-order valence-electron chi connectivity index (χ2n) is 6.66. The molecule has 3 heteroatoms. The Balaban J connectivity index is 2.05. The van der Waals surface area contributed by atoms with E-state index in [0.717, 1.165) is 17.1 Å². The summed E-state index contributed by atoms with van der Waals surface area (Å²) in [4.78, 5) is 2.17. The van der Waals surface area contributed by atoms with Crippen molar-refractivity contribution >= 4 is 28.7 Å². The van der Waals surface area contributed by atoms with Crippen LogP contribution >= 0.6 is 11.6 Å². The molecule has 3 aromatic rings. The van der Waals surface area contributed by atoms with Gasteiger partial charge in [-0.15, -0.1) is 0 Å². The molecule has 1 heterocycles. The Bertz CT molecular complexity index is 863. The summed E-state index contributed by atoms with van der Waals surface area (Å²) >= 11 is 6.19. The van der Waals surface area contributed by atoms with Crippen LogP contribution in [0, 0.1) is 0 Å². The van der Waals surface area contributed by atoms with Crippen LogP contribution in [0.2, 0.25) is 5.02 Å². The van der Waals surface area contributed by atoms with E-state index in [1.807, 2.05) is 18.2 Å².